The summed E-state index contributed by atoms with van der Waals surface area (Å²) in [5, 5.41) is 0. The van der Waals surface area contributed by atoms with Crippen LogP contribution >= 0.6 is 15.9 Å². The standard InChI is InChI=1S/C6H5BrN4/c7-5-3-11(4-10-5)6-8-1-2-9-6/h1-4H,(H,8,9)/i1D,2D,3D,4D. The zero-order valence-corrected chi connectivity index (χ0v) is 6.81. The molecular weight excluding hydrogens is 208 g/mol. The molecule has 0 spiro atoms. The molecule has 0 radical (unpaired) electrons. The molecule has 1 N–H and O–H groups in total. The van der Waals surface area contributed by atoms with Crippen molar-refractivity contribution in [3.8, 4) is 5.95 Å². The number of H-pyrrole nitrogens is 1. The largest absolute Gasteiger partial charge is 0.330 e. The van der Waals surface area contributed by atoms with Crippen LogP contribution in [0.4, 0.5) is 0 Å². The predicted octanol–water partition coefficient (Wildman–Crippen LogP) is 1.36. The monoisotopic (exact) mass is 216 g/mol. The Kier molecular flexibility index (Phi) is 0.803. The number of nitrogens with one attached hydrogen (secondary N) is 1. The molecule has 4 nitrogen and oxygen atoms in total. The molecule has 2 aromatic heterocycles. The van der Waals surface area contributed by atoms with Gasteiger partial charge >= 0.3 is 0 Å². The molecule has 0 unspecified atom stereocenters. The zero-order valence-electron chi connectivity index (χ0n) is 9.22. The molecule has 0 aliphatic rings. The van der Waals surface area contributed by atoms with Crippen molar-refractivity contribution < 1.29 is 5.48 Å². The van der Waals surface area contributed by atoms with Gasteiger partial charge < -0.3 is 4.98 Å². The fourth-order valence-corrected chi connectivity index (χ4v) is 0.892. The summed E-state index contributed by atoms with van der Waals surface area (Å²) in [5.41, 5.74) is 0. The molecule has 0 aliphatic carbocycles. The first-order valence-electron chi connectivity index (χ1n) is 4.75. The first kappa shape index (κ1) is 3.53. The van der Waals surface area contributed by atoms with Crippen LogP contribution in [0.3, 0.4) is 0 Å². The number of aromatic amines is 1. The summed E-state index contributed by atoms with van der Waals surface area (Å²) in [7, 11) is 0. The quantitative estimate of drug-likeness (QED) is 0.783. The number of hydrogen-bond donors (Lipinski definition) is 1. The summed E-state index contributed by atoms with van der Waals surface area (Å²) in [6.07, 6.45) is -0.614. The molecule has 0 atom stereocenters. The van der Waals surface area contributed by atoms with Crippen LogP contribution in [0.5, 0.6) is 0 Å². The van der Waals surface area contributed by atoms with Gasteiger partial charge in [-0.25, -0.2) is 9.97 Å². The fourth-order valence-electron chi connectivity index (χ4n) is 0.635. The molecule has 0 bridgehead atoms. The molecule has 0 saturated carbocycles. The van der Waals surface area contributed by atoms with Crippen LogP contribution < -0.4 is 0 Å². The normalized spacial score (nSPS) is 15.4. The van der Waals surface area contributed by atoms with E-state index in [0.717, 1.165) is 4.57 Å². The molecule has 2 rings (SSSR count). The van der Waals surface area contributed by atoms with E-state index in [-0.39, 0.29) is 35.4 Å². The maximum Gasteiger partial charge on any atom is 0.212 e. The molecule has 11 heavy (non-hydrogen) atoms. The predicted molar refractivity (Wildman–Crippen MR) is 43.4 cm³/mol. The molecule has 56 valence electrons. The summed E-state index contributed by atoms with van der Waals surface area (Å²) in [6, 6.07) is 0. The molecule has 2 aromatic rings. The van der Waals surface area contributed by atoms with E-state index < -0.39 is 0 Å². The Morgan fingerprint density at radius 3 is 3.09 bits per heavy atom. The van der Waals surface area contributed by atoms with Gasteiger partial charge in [-0.05, 0) is 15.9 Å². The van der Waals surface area contributed by atoms with E-state index >= 15 is 0 Å². The number of imidazole rings is 2. The van der Waals surface area contributed by atoms with Gasteiger partial charge in [-0.3, -0.25) is 4.57 Å². The van der Waals surface area contributed by atoms with Crippen molar-refractivity contribution in [3.05, 3.63) is 29.4 Å². The van der Waals surface area contributed by atoms with Gasteiger partial charge in [0.05, 0.1) is 4.11 Å². The van der Waals surface area contributed by atoms with Crippen molar-refractivity contribution in [1.29, 1.82) is 0 Å². The summed E-state index contributed by atoms with van der Waals surface area (Å²) < 4.78 is 30.9. The van der Waals surface area contributed by atoms with Crippen LogP contribution in [0.15, 0.2) is 29.4 Å². The zero-order chi connectivity index (χ0) is 11.2. The Balaban J connectivity index is 2.63. The highest BCUT2D eigenvalue weighted by molar-refractivity contribution is 9.10. The summed E-state index contributed by atoms with van der Waals surface area (Å²) in [5.74, 6) is 0.0817. The van der Waals surface area contributed by atoms with Gasteiger partial charge in [-0.15, -0.1) is 0 Å². The second-order valence-electron chi connectivity index (χ2n) is 1.75. The summed E-state index contributed by atoms with van der Waals surface area (Å²) in [4.78, 5) is 9.89. The second kappa shape index (κ2) is 2.50. The van der Waals surface area contributed by atoms with Crippen LogP contribution in [0, 0.1) is 0 Å². The van der Waals surface area contributed by atoms with E-state index in [0.29, 0.717) is 0 Å². The maximum absolute atomic E-state index is 7.58. The lowest BCUT2D eigenvalue weighted by Gasteiger charge is -1.91. The number of halogens is 1. The lowest BCUT2D eigenvalue weighted by molar-refractivity contribution is 0.960. The van der Waals surface area contributed by atoms with Gasteiger partial charge in [-0.1, -0.05) is 0 Å². The number of nitrogens with zero attached hydrogens (tertiary/aromatic N) is 3. The maximum atomic E-state index is 7.58. The van der Waals surface area contributed by atoms with Crippen LogP contribution in [-0.4, -0.2) is 19.5 Å². The van der Waals surface area contributed by atoms with Crippen LogP contribution in [0.2, 0.25) is 0 Å². The van der Waals surface area contributed by atoms with E-state index in [1.54, 1.807) is 0 Å². The first-order chi connectivity index (χ1) is 7.00. The van der Waals surface area contributed by atoms with Gasteiger partial charge in [0, 0.05) is 18.5 Å². The summed E-state index contributed by atoms with van der Waals surface area (Å²) in [6.45, 7) is 0. The second-order valence-corrected chi connectivity index (χ2v) is 2.50. The van der Waals surface area contributed by atoms with Crippen molar-refractivity contribution in [3.63, 3.8) is 0 Å². The highest BCUT2D eigenvalue weighted by Crippen LogP contribution is 2.07. The Morgan fingerprint density at radius 2 is 2.55 bits per heavy atom. The smallest absolute Gasteiger partial charge is 0.212 e. The van der Waals surface area contributed by atoms with E-state index in [4.69, 9.17) is 5.48 Å². The van der Waals surface area contributed by atoms with Crippen LogP contribution in [0.1, 0.15) is 5.48 Å². The number of rotatable bonds is 1. The molecule has 0 saturated heterocycles. The highest BCUT2D eigenvalue weighted by Gasteiger charge is 1.97. The van der Waals surface area contributed by atoms with Gasteiger partial charge in [0.1, 0.15) is 12.3 Å². The first-order valence-corrected chi connectivity index (χ1v) is 3.55. The SMILES string of the molecule is [2H]c1nc(-n2c([2H])nc(Br)c2[2H])[nH]c1[2H]. The molecule has 5 heteroatoms. The van der Waals surface area contributed by atoms with E-state index in [9.17, 15) is 0 Å². The topological polar surface area (TPSA) is 46.5 Å². The fraction of sp³-hybridized carbons (Fsp3) is 0. The third-order valence-electron chi connectivity index (χ3n) is 1.06. The number of aromatic nitrogens is 4. The Morgan fingerprint density at radius 1 is 1.64 bits per heavy atom. The lowest BCUT2D eigenvalue weighted by atomic mass is 10.8. The Hall–Kier alpha value is -1.10. The average molecular weight is 217 g/mol. The molecule has 0 aromatic carbocycles. The average Bonchev–Trinajstić information content (AvgIpc) is 2.57. The highest BCUT2D eigenvalue weighted by atomic mass is 79.9. The molecular formula is C6H5BrN4. The van der Waals surface area contributed by atoms with Crippen molar-refractivity contribution in [1.82, 2.24) is 19.5 Å². The Bertz CT molecular complexity index is 500. The van der Waals surface area contributed by atoms with Gasteiger partial charge in [0.25, 0.3) is 0 Å². The molecule has 0 fully saturated rings. The number of hydrogen-bond acceptors (Lipinski definition) is 2. The van der Waals surface area contributed by atoms with E-state index in [2.05, 4.69) is 30.9 Å². The van der Waals surface area contributed by atoms with Crippen LogP contribution in [0.25, 0.3) is 5.95 Å². The van der Waals surface area contributed by atoms with Crippen molar-refractivity contribution in [2.24, 2.45) is 0 Å². The minimum absolute atomic E-state index is 0.0475. The molecule has 2 heterocycles. The minimum atomic E-state index is -0.228. The summed E-state index contributed by atoms with van der Waals surface area (Å²) >= 11 is 3.01. The van der Waals surface area contributed by atoms with Gasteiger partial charge in [0.15, 0.2) is 0 Å². The third kappa shape index (κ3) is 1.19. The molecule has 0 aliphatic heterocycles. The van der Waals surface area contributed by atoms with Crippen molar-refractivity contribution in [2.75, 3.05) is 0 Å². The molecule has 0 amide bonds. The van der Waals surface area contributed by atoms with E-state index in [1.807, 2.05) is 0 Å². The van der Waals surface area contributed by atoms with Crippen LogP contribution in [-0.2, 0) is 0 Å². The van der Waals surface area contributed by atoms with Gasteiger partial charge in [0.2, 0.25) is 5.95 Å². The minimum Gasteiger partial charge on any atom is -0.330 e. The van der Waals surface area contributed by atoms with E-state index in [1.165, 1.54) is 0 Å². The van der Waals surface area contributed by atoms with Crippen molar-refractivity contribution >= 4 is 15.9 Å². The lowest BCUT2D eigenvalue weighted by Crippen LogP contribution is -1.91. The third-order valence-corrected chi connectivity index (χ3v) is 1.41. The van der Waals surface area contributed by atoms with Crippen molar-refractivity contribution in [2.45, 2.75) is 0 Å². The Labute approximate surface area is 77.0 Å². The van der Waals surface area contributed by atoms with Gasteiger partial charge in [-0.2, -0.15) is 0 Å².